The Bertz CT molecular complexity index is 2750. The maximum absolute atomic E-state index is 7.24. The molecule has 10 rings (SSSR count). The highest BCUT2D eigenvalue weighted by molar-refractivity contribution is 6.03. The Labute approximate surface area is 370 Å². The fourth-order valence-electron chi connectivity index (χ4n) is 7.48. The first-order valence-electron chi connectivity index (χ1n) is 20.8. The van der Waals surface area contributed by atoms with E-state index < -0.39 is 0 Å². The fraction of sp³-hybridized carbons (Fsp3) is 0.0345. The molecule has 0 bridgehead atoms. The molecule has 1 aliphatic rings. The van der Waals surface area contributed by atoms with E-state index in [1.807, 2.05) is 60.7 Å². The van der Waals surface area contributed by atoms with Crippen molar-refractivity contribution in [3.8, 4) is 80.1 Å². The third kappa shape index (κ3) is 9.95. The second kappa shape index (κ2) is 19.7. The Kier molecular flexibility index (Phi) is 12.9. The molecule has 0 radical (unpaired) electrons. The van der Waals surface area contributed by atoms with E-state index in [1.54, 1.807) is 6.92 Å². The van der Waals surface area contributed by atoms with Crippen molar-refractivity contribution in [2.45, 2.75) is 13.5 Å². The second-order valence-corrected chi connectivity index (χ2v) is 14.9. The zero-order valence-electron chi connectivity index (χ0n) is 35.0. The molecular formula is C58H45N5. The Hall–Kier alpha value is -8.46. The molecule has 3 heterocycles. The lowest BCUT2D eigenvalue weighted by Crippen LogP contribution is -2.26. The molecule has 1 aliphatic heterocycles. The molecule has 0 spiro atoms. The van der Waals surface area contributed by atoms with Gasteiger partial charge < -0.3 is 10.7 Å². The van der Waals surface area contributed by atoms with Crippen LogP contribution in [0.15, 0.2) is 223 Å². The summed E-state index contributed by atoms with van der Waals surface area (Å²) in [7, 11) is 0. The van der Waals surface area contributed by atoms with Crippen LogP contribution in [0, 0.1) is 18.3 Å². The first kappa shape index (κ1) is 41.3. The van der Waals surface area contributed by atoms with Crippen molar-refractivity contribution in [2.75, 3.05) is 0 Å². The van der Waals surface area contributed by atoms with Gasteiger partial charge in [-0.2, -0.15) is 0 Å². The highest BCUT2D eigenvalue weighted by Gasteiger charge is 2.18. The zero-order valence-corrected chi connectivity index (χ0v) is 35.0. The van der Waals surface area contributed by atoms with Gasteiger partial charge in [0.05, 0.1) is 28.5 Å². The maximum Gasteiger partial charge on any atom is 0.134 e. The van der Waals surface area contributed by atoms with Gasteiger partial charge in [-0.3, -0.25) is 0 Å². The Morgan fingerprint density at radius 3 is 1.13 bits per heavy atom. The number of amidine groups is 1. The number of aliphatic imine (C=N–C) groups is 1. The molecule has 0 fully saturated rings. The predicted octanol–water partition coefficient (Wildman–Crippen LogP) is 14.0. The maximum atomic E-state index is 7.24. The van der Waals surface area contributed by atoms with Crippen LogP contribution in [0.3, 0.4) is 0 Å². The Balaban J connectivity index is 0.000000438. The first-order valence-corrected chi connectivity index (χ1v) is 20.8. The molecular weight excluding hydrogens is 767 g/mol. The molecule has 2 aromatic heterocycles. The van der Waals surface area contributed by atoms with Gasteiger partial charge in [0.15, 0.2) is 0 Å². The summed E-state index contributed by atoms with van der Waals surface area (Å²) in [5.74, 6) is 0.850. The fourth-order valence-corrected chi connectivity index (χ4v) is 7.48. The number of nitrogens with zero attached hydrogens (tertiary/aromatic N) is 3. The summed E-state index contributed by atoms with van der Waals surface area (Å²) < 4.78 is 0. The molecule has 0 aliphatic carbocycles. The normalized spacial score (nSPS) is 11.3. The number of nitrogens with one attached hydrogen (secondary N) is 2. The van der Waals surface area contributed by atoms with E-state index in [4.69, 9.17) is 20.4 Å². The summed E-state index contributed by atoms with van der Waals surface area (Å²) in [4.78, 5) is 15.5. The summed E-state index contributed by atoms with van der Waals surface area (Å²) in [6.45, 7) is 2.50. The quantitative estimate of drug-likeness (QED) is 0.119. The van der Waals surface area contributed by atoms with Crippen molar-refractivity contribution >= 4 is 17.2 Å². The average Bonchev–Trinajstić information content (AvgIpc) is 3.38. The van der Waals surface area contributed by atoms with E-state index >= 15 is 0 Å². The molecule has 5 nitrogen and oxygen atoms in total. The molecule has 0 unspecified atom stereocenters. The topological polar surface area (TPSA) is 74.0 Å². The minimum atomic E-state index is 0.621. The largest absolute Gasteiger partial charge is 0.365 e. The first-order chi connectivity index (χ1) is 31.0. The van der Waals surface area contributed by atoms with Crippen molar-refractivity contribution in [2.24, 2.45) is 4.99 Å². The van der Waals surface area contributed by atoms with E-state index in [0.29, 0.717) is 12.3 Å². The van der Waals surface area contributed by atoms with Gasteiger partial charge >= 0.3 is 0 Å². The second-order valence-electron chi connectivity index (χ2n) is 14.9. The summed E-state index contributed by atoms with van der Waals surface area (Å²) in [6.07, 6.45) is 8.00. The minimum Gasteiger partial charge on any atom is -0.365 e. The molecule has 9 aromatic rings. The van der Waals surface area contributed by atoms with Crippen molar-refractivity contribution in [3.63, 3.8) is 0 Å². The van der Waals surface area contributed by atoms with E-state index in [1.165, 1.54) is 5.56 Å². The summed E-state index contributed by atoms with van der Waals surface area (Å²) in [5, 5.41) is 10.9. The lowest BCUT2D eigenvalue weighted by Gasteiger charge is -2.20. The van der Waals surface area contributed by atoms with Crippen LogP contribution in [0.2, 0.25) is 0 Å². The highest BCUT2D eigenvalue weighted by Crippen LogP contribution is 2.37. The van der Waals surface area contributed by atoms with Gasteiger partial charge in [-0.05, 0) is 88.8 Å². The van der Waals surface area contributed by atoms with Crippen LogP contribution in [0.5, 0.6) is 0 Å². The SMILES string of the molecule is C#C.CC(=N)c1ccccc1.c1ccc(-c2cc(-c3cc(C4=Nc5ccccc5CN4)cc(-c4cc(-c5ccccc5)nc(-c5ccccc5)c4)c3)cc(-c3ccccc3)n2)cc1. The zero-order chi connectivity index (χ0) is 43.4. The number of pyridine rings is 2. The number of terminal acetylenes is 1. The van der Waals surface area contributed by atoms with Crippen molar-refractivity contribution in [3.05, 3.63) is 235 Å². The Morgan fingerprint density at radius 2 is 0.746 bits per heavy atom. The molecule has 2 N–H and O–H groups in total. The number of hydrogen-bond acceptors (Lipinski definition) is 5. The van der Waals surface area contributed by atoms with Crippen LogP contribution in [0.1, 0.15) is 23.6 Å². The van der Waals surface area contributed by atoms with E-state index in [9.17, 15) is 0 Å². The van der Waals surface area contributed by atoms with Crippen molar-refractivity contribution < 1.29 is 0 Å². The van der Waals surface area contributed by atoms with Gasteiger partial charge in [0.2, 0.25) is 0 Å². The predicted molar refractivity (Wildman–Crippen MR) is 263 cm³/mol. The molecule has 0 atom stereocenters. The van der Waals surface area contributed by atoms with Gasteiger partial charge in [0, 0.05) is 40.1 Å². The van der Waals surface area contributed by atoms with Crippen LogP contribution in [0.25, 0.3) is 67.3 Å². The van der Waals surface area contributed by atoms with Crippen LogP contribution in [-0.2, 0) is 6.54 Å². The summed E-state index contributed by atoms with van der Waals surface area (Å²) >= 11 is 0. The number of hydrogen-bond donors (Lipinski definition) is 2. The van der Waals surface area contributed by atoms with Crippen LogP contribution < -0.4 is 5.32 Å². The van der Waals surface area contributed by atoms with Gasteiger partial charge in [-0.15, -0.1) is 12.8 Å². The molecule has 0 saturated carbocycles. The van der Waals surface area contributed by atoms with Crippen LogP contribution in [-0.4, -0.2) is 21.5 Å². The van der Waals surface area contributed by atoms with Gasteiger partial charge in [0.25, 0.3) is 0 Å². The van der Waals surface area contributed by atoms with Gasteiger partial charge in [-0.25, -0.2) is 15.0 Å². The number of benzene rings is 7. The average molecular weight is 812 g/mol. The van der Waals surface area contributed by atoms with E-state index in [0.717, 1.165) is 89.9 Å². The van der Waals surface area contributed by atoms with Gasteiger partial charge in [0.1, 0.15) is 5.84 Å². The third-order valence-electron chi connectivity index (χ3n) is 10.7. The molecule has 0 amide bonds. The monoisotopic (exact) mass is 811 g/mol. The minimum absolute atomic E-state index is 0.621. The summed E-state index contributed by atoms with van der Waals surface area (Å²) in [5.41, 5.74) is 17.1. The molecule has 302 valence electrons. The van der Waals surface area contributed by atoms with Crippen molar-refractivity contribution in [1.82, 2.24) is 15.3 Å². The number of aromatic nitrogens is 2. The molecule has 5 heteroatoms. The van der Waals surface area contributed by atoms with Crippen LogP contribution in [0.4, 0.5) is 5.69 Å². The number of para-hydroxylation sites is 1. The third-order valence-corrected chi connectivity index (χ3v) is 10.7. The standard InChI is InChI=1S/C48H34N4.C8H9N.C2H2/c1-5-15-33(16-6-1)44-28-40(29-45(50-44)34-17-7-2-8-18-34)38-25-39(27-42(26-38)48-49-32-37-23-13-14-24-43(37)52-48)41-30-46(35-19-9-3-10-20-35)51-47(31-41)36-21-11-4-12-22-36;1-7(9)8-5-3-2-4-6-8;1-2/h1-31H,32H2,(H,49,52);2-6,9H,1H3;1-2H. The van der Waals surface area contributed by atoms with E-state index in [-0.39, 0.29) is 0 Å². The molecule has 63 heavy (non-hydrogen) atoms. The van der Waals surface area contributed by atoms with Crippen molar-refractivity contribution in [1.29, 1.82) is 5.41 Å². The molecule has 0 saturated heterocycles. The summed E-state index contributed by atoms with van der Waals surface area (Å²) in [6, 6.07) is 75.2. The smallest absolute Gasteiger partial charge is 0.134 e. The Morgan fingerprint density at radius 1 is 0.413 bits per heavy atom. The lowest BCUT2D eigenvalue weighted by molar-refractivity contribution is 0.893. The van der Waals surface area contributed by atoms with Gasteiger partial charge in [-0.1, -0.05) is 170 Å². The van der Waals surface area contributed by atoms with Crippen LogP contribution >= 0.6 is 0 Å². The van der Waals surface area contributed by atoms with E-state index in [2.05, 4.69) is 176 Å². The lowest BCUT2D eigenvalue weighted by atomic mass is 9.92. The highest BCUT2D eigenvalue weighted by atomic mass is 15.0. The number of rotatable bonds is 8. The number of fused-ring (bicyclic) bond motifs is 1. The molecule has 7 aromatic carbocycles.